The third-order valence-electron chi connectivity index (χ3n) is 5.21. The van der Waals surface area contributed by atoms with E-state index in [1.54, 1.807) is 37.3 Å². The molecule has 0 saturated heterocycles. The molecule has 0 spiro atoms. The standard InChI is InChI=1S/C24H26N4O4S/c1-14(2)9-20-23(30)28-22(26-20)18-7-5-6-8-19(18)27-24(28)33-13-21(29)25-15-10-16(31-3)12-17(11-15)32-4/h5-8,10-12,14,20H,9,13H2,1-4H3,(H,25,29). The van der Waals surface area contributed by atoms with Gasteiger partial charge in [-0.15, -0.1) is 0 Å². The maximum Gasteiger partial charge on any atom is 0.259 e. The summed E-state index contributed by atoms with van der Waals surface area (Å²) in [5, 5.41) is 3.31. The number of benzene rings is 2. The average Bonchev–Trinajstić information content (AvgIpc) is 3.13. The zero-order valence-electron chi connectivity index (χ0n) is 19.0. The van der Waals surface area contributed by atoms with Gasteiger partial charge in [-0.3, -0.25) is 14.6 Å². The molecule has 0 bridgehead atoms. The van der Waals surface area contributed by atoms with Crippen molar-refractivity contribution in [1.82, 2.24) is 4.90 Å². The molecule has 0 aromatic heterocycles. The molecule has 1 unspecified atom stereocenters. The predicted octanol–water partition coefficient (Wildman–Crippen LogP) is 4.08. The summed E-state index contributed by atoms with van der Waals surface area (Å²) >= 11 is 1.21. The molecule has 2 aliphatic rings. The van der Waals surface area contributed by atoms with Gasteiger partial charge in [0.05, 0.1) is 25.7 Å². The quantitative estimate of drug-likeness (QED) is 0.664. The fourth-order valence-corrected chi connectivity index (χ4v) is 4.51. The Morgan fingerprint density at radius 2 is 1.85 bits per heavy atom. The molecule has 0 radical (unpaired) electrons. The molecule has 1 N–H and O–H groups in total. The number of carbonyl (C=O) groups excluding carboxylic acids is 2. The van der Waals surface area contributed by atoms with E-state index in [1.165, 1.54) is 11.8 Å². The first kappa shape index (κ1) is 22.8. The molecule has 1 atom stereocenters. The summed E-state index contributed by atoms with van der Waals surface area (Å²) in [6.45, 7) is 4.14. The predicted molar refractivity (Wildman–Crippen MR) is 131 cm³/mol. The Bertz CT molecular complexity index is 1120. The Labute approximate surface area is 197 Å². The van der Waals surface area contributed by atoms with Crippen LogP contribution in [0.3, 0.4) is 0 Å². The van der Waals surface area contributed by atoms with E-state index in [0.29, 0.717) is 40.5 Å². The molecule has 4 rings (SSSR count). The number of rotatable bonds is 7. The lowest BCUT2D eigenvalue weighted by Crippen LogP contribution is -2.41. The summed E-state index contributed by atoms with van der Waals surface area (Å²) in [4.78, 5) is 36.8. The molecule has 8 nitrogen and oxygen atoms in total. The van der Waals surface area contributed by atoms with E-state index < -0.39 is 6.04 Å². The summed E-state index contributed by atoms with van der Waals surface area (Å²) in [5.41, 5.74) is 2.13. The first-order chi connectivity index (χ1) is 15.9. The van der Waals surface area contributed by atoms with Crippen molar-refractivity contribution in [1.29, 1.82) is 0 Å². The van der Waals surface area contributed by atoms with Crippen molar-refractivity contribution in [3.05, 3.63) is 48.0 Å². The Morgan fingerprint density at radius 1 is 1.15 bits per heavy atom. The Hall–Kier alpha value is -3.33. The highest BCUT2D eigenvalue weighted by Gasteiger charge is 2.41. The number of hydrogen-bond donors (Lipinski definition) is 1. The van der Waals surface area contributed by atoms with Gasteiger partial charge >= 0.3 is 0 Å². The molecule has 2 aromatic carbocycles. The molecular weight excluding hydrogens is 440 g/mol. The molecule has 33 heavy (non-hydrogen) atoms. The van der Waals surface area contributed by atoms with E-state index in [2.05, 4.69) is 24.2 Å². The summed E-state index contributed by atoms with van der Waals surface area (Å²) in [7, 11) is 3.10. The first-order valence-corrected chi connectivity index (χ1v) is 11.6. The van der Waals surface area contributed by atoms with Crippen molar-refractivity contribution in [2.75, 3.05) is 25.3 Å². The van der Waals surface area contributed by atoms with Crippen LogP contribution in [0.15, 0.2) is 52.4 Å². The van der Waals surface area contributed by atoms with E-state index in [-0.39, 0.29) is 17.6 Å². The number of amidine groups is 2. The maximum absolute atomic E-state index is 13.2. The minimum Gasteiger partial charge on any atom is -0.497 e. The zero-order chi connectivity index (χ0) is 23.5. The van der Waals surface area contributed by atoms with Crippen LogP contribution in [-0.2, 0) is 9.59 Å². The minimum atomic E-state index is -0.435. The fraction of sp³-hybridized carbons (Fsp3) is 0.333. The highest BCUT2D eigenvalue weighted by molar-refractivity contribution is 8.14. The number of thioether (sulfide) groups is 1. The van der Waals surface area contributed by atoms with Gasteiger partial charge in [0.1, 0.15) is 23.4 Å². The van der Waals surface area contributed by atoms with Crippen LogP contribution in [0.4, 0.5) is 11.4 Å². The van der Waals surface area contributed by atoms with Crippen LogP contribution in [0.5, 0.6) is 11.5 Å². The van der Waals surface area contributed by atoms with Gasteiger partial charge in [-0.05, 0) is 24.5 Å². The van der Waals surface area contributed by atoms with Gasteiger partial charge in [0.2, 0.25) is 5.91 Å². The summed E-state index contributed by atoms with van der Waals surface area (Å²) in [6.07, 6.45) is 0.664. The van der Waals surface area contributed by atoms with Crippen LogP contribution in [0, 0.1) is 5.92 Å². The topological polar surface area (TPSA) is 92.6 Å². The van der Waals surface area contributed by atoms with Crippen molar-refractivity contribution in [3.63, 3.8) is 0 Å². The highest BCUT2D eigenvalue weighted by Crippen LogP contribution is 2.34. The van der Waals surface area contributed by atoms with E-state index >= 15 is 0 Å². The Kier molecular flexibility index (Phi) is 6.69. The van der Waals surface area contributed by atoms with E-state index in [0.717, 1.165) is 11.3 Å². The summed E-state index contributed by atoms with van der Waals surface area (Å²) in [5.74, 6) is 1.83. The number of para-hydroxylation sites is 1. The van der Waals surface area contributed by atoms with Gasteiger partial charge < -0.3 is 14.8 Å². The lowest BCUT2D eigenvalue weighted by Gasteiger charge is -2.25. The van der Waals surface area contributed by atoms with Crippen LogP contribution < -0.4 is 14.8 Å². The highest BCUT2D eigenvalue weighted by atomic mass is 32.2. The minimum absolute atomic E-state index is 0.0758. The second kappa shape index (κ2) is 9.66. The molecule has 2 amide bonds. The summed E-state index contributed by atoms with van der Waals surface area (Å²) < 4.78 is 10.5. The smallest absolute Gasteiger partial charge is 0.259 e. The van der Waals surface area contributed by atoms with Crippen LogP contribution in [0.1, 0.15) is 25.8 Å². The van der Waals surface area contributed by atoms with Gasteiger partial charge in [-0.1, -0.05) is 37.7 Å². The molecule has 0 aliphatic carbocycles. The van der Waals surface area contributed by atoms with Crippen molar-refractivity contribution in [3.8, 4) is 11.5 Å². The van der Waals surface area contributed by atoms with Gasteiger partial charge in [-0.25, -0.2) is 9.89 Å². The monoisotopic (exact) mass is 466 g/mol. The maximum atomic E-state index is 13.2. The van der Waals surface area contributed by atoms with Crippen molar-refractivity contribution in [2.24, 2.45) is 15.9 Å². The number of carbonyl (C=O) groups is 2. The SMILES string of the molecule is COc1cc(NC(=O)CSC2=Nc3ccccc3C3=NC(CC(C)C)C(=O)N23)cc(OC)c1. The molecule has 9 heteroatoms. The number of aliphatic imine (C=N–C) groups is 2. The van der Waals surface area contributed by atoms with Gasteiger partial charge in [0, 0.05) is 29.4 Å². The van der Waals surface area contributed by atoms with Crippen molar-refractivity contribution < 1.29 is 19.1 Å². The van der Waals surface area contributed by atoms with Crippen LogP contribution in [0.2, 0.25) is 0 Å². The molecule has 2 heterocycles. The lowest BCUT2D eigenvalue weighted by atomic mass is 10.0. The third kappa shape index (κ3) is 4.88. The van der Waals surface area contributed by atoms with E-state index in [1.807, 2.05) is 24.3 Å². The van der Waals surface area contributed by atoms with Crippen molar-refractivity contribution in [2.45, 2.75) is 26.3 Å². The van der Waals surface area contributed by atoms with Crippen LogP contribution in [-0.4, -0.2) is 53.7 Å². The second-order valence-corrected chi connectivity index (χ2v) is 9.06. The molecular formula is C24H26N4O4S. The van der Waals surface area contributed by atoms with Crippen LogP contribution >= 0.6 is 11.8 Å². The Balaban J connectivity index is 1.52. The largest absolute Gasteiger partial charge is 0.497 e. The number of fused-ring (bicyclic) bond motifs is 3. The second-order valence-electron chi connectivity index (χ2n) is 8.12. The lowest BCUT2D eigenvalue weighted by molar-refractivity contribution is -0.125. The molecule has 2 aromatic rings. The van der Waals surface area contributed by atoms with Gasteiger partial charge in [-0.2, -0.15) is 0 Å². The summed E-state index contributed by atoms with van der Waals surface area (Å²) in [6, 6.07) is 12.3. The Morgan fingerprint density at radius 3 is 2.52 bits per heavy atom. The van der Waals surface area contributed by atoms with Gasteiger partial charge in [0.25, 0.3) is 5.91 Å². The average molecular weight is 467 g/mol. The number of hydrogen-bond acceptors (Lipinski definition) is 7. The number of nitrogens with one attached hydrogen (secondary N) is 1. The number of methoxy groups -OCH3 is 2. The zero-order valence-corrected chi connectivity index (χ0v) is 19.8. The molecule has 0 saturated carbocycles. The normalized spacial score (nSPS) is 16.7. The number of anilines is 1. The molecule has 172 valence electrons. The fourth-order valence-electron chi connectivity index (χ4n) is 3.71. The van der Waals surface area contributed by atoms with Gasteiger partial charge in [0.15, 0.2) is 5.17 Å². The first-order valence-electron chi connectivity index (χ1n) is 10.6. The molecule has 2 aliphatic heterocycles. The number of ether oxygens (including phenoxy) is 2. The van der Waals surface area contributed by atoms with Crippen molar-refractivity contribution >= 4 is 46.0 Å². The third-order valence-corrected chi connectivity index (χ3v) is 6.15. The molecule has 0 fully saturated rings. The van der Waals surface area contributed by atoms with Crippen LogP contribution in [0.25, 0.3) is 0 Å². The van der Waals surface area contributed by atoms with E-state index in [9.17, 15) is 9.59 Å². The number of amides is 2. The number of nitrogens with zero attached hydrogens (tertiary/aromatic N) is 3. The van der Waals surface area contributed by atoms with E-state index in [4.69, 9.17) is 14.5 Å².